The lowest BCUT2D eigenvalue weighted by Crippen LogP contribution is -2.28. The molecule has 0 unspecified atom stereocenters. The number of hydrogen-bond donors (Lipinski definition) is 2. The van der Waals surface area contributed by atoms with Gasteiger partial charge in [-0.15, -0.1) is 11.3 Å². The lowest BCUT2D eigenvalue weighted by Gasteiger charge is -2.09. The highest BCUT2D eigenvalue weighted by molar-refractivity contribution is 7.09. The van der Waals surface area contributed by atoms with E-state index in [1.165, 1.54) is 24.2 Å². The molecule has 0 spiro atoms. The van der Waals surface area contributed by atoms with E-state index in [0.717, 1.165) is 17.8 Å². The Labute approximate surface area is 104 Å². The third kappa shape index (κ3) is 3.49. The van der Waals surface area contributed by atoms with Gasteiger partial charge in [0.1, 0.15) is 5.69 Å². The molecule has 17 heavy (non-hydrogen) atoms. The lowest BCUT2D eigenvalue weighted by atomic mass is 10.3. The summed E-state index contributed by atoms with van der Waals surface area (Å²) in [5.41, 5.74) is 8.31. The van der Waals surface area contributed by atoms with Gasteiger partial charge >= 0.3 is 0 Å². The van der Waals surface area contributed by atoms with Crippen LogP contribution in [0.1, 0.15) is 41.2 Å². The predicted octanol–water partition coefficient (Wildman–Crippen LogP) is 1.25. The molecule has 0 aliphatic heterocycles. The van der Waals surface area contributed by atoms with E-state index in [4.69, 9.17) is 10.6 Å². The molecule has 1 aromatic rings. The van der Waals surface area contributed by atoms with Gasteiger partial charge in [-0.1, -0.05) is 12.8 Å². The van der Waals surface area contributed by atoms with Crippen LogP contribution in [-0.2, 0) is 11.3 Å². The number of carbonyl (C=O) groups is 1. The average Bonchev–Trinajstić information content (AvgIpc) is 2.97. The van der Waals surface area contributed by atoms with Crippen molar-refractivity contribution in [2.75, 3.05) is 6.54 Å². The molecule has 3 N–H and O–H groups in total. The zero-order valence-corrected chi connectivity index (χ0v) is 10.5. The van der Waals surface area contributed by atoms with Crippen molar-refractivity contribution in [1.29, 1.82) is 0 Å². The number of nitrogens with zero attached hydrogens (tertiary/aromatic N) is 1. The van der Waals surface area contributed by atoms with Gasteiger partial charge in [-0.2, -0.15) is 0 Å². The van der Waals surface area contributed by atoms with Crippen LogP contribution in [0.15, 0.2) is 5.38 Å². The second-order valence-corrected chi connectivity index (χ2v) is 5.06. The topological polar surface area (TPSA) is 77.2 Å². The van der Waals surface area contributed by atoms with Crippen LogP contribution in [0.5, 0.6) is 0 Å². The molecular weight excluding hydrogens is 238 g/mol. The van der Waals surface area contributed by atoms with Crippen molar-refractivity contribution in [3.63, 3.8) is 0 Å². The van der Waals surface area contributed by atoms with Gasteiger partial charge in [0.05, 0.1) is 11.1 Å². The zero-order chi connectivity index (χ0) is 12.1. The summed E-state index contributed by atoms with van der Waals surface area (Å²) in [5.74, 6) is -0.267. The largest absolute Gasteiger partial charge is 0.330 e. The number of nitrogens with one attached hydrogen (secondary N) is 1. The van der Waals surface area contributed by atoms with Crippen LogP contribution in [-0.4, -0.2) is 23.5 Å². The fourth-order valence-electron chi connectivity index (χ4n) is 1.85. The first-order valence-electron chi connectivity index (χ1n) is 5.90. The second kappa shape index (κ2) is 6.09. The van der Waals surface area contributed by atoms with Crippen molar-refractivity contribution in [2.45, 2.75) is 38.2 Å². The van der Waals surface area contributed by atoms with Crippen LogP contribution in [0.2, 0.25) is 0 Å². The number of rotatable bonds is 5. The molecule has 2 rings (SSSR count). The summed E-state index contributed by atoms with van der Waals surface area (Å²) in [6.07, 6.45) is 5.28. The zero-order valence-electron chi connectivity index (χ0n) is 9.65. The van der Waals surface area contributed by atoms with Gasteiger partial charge in [-0.05, 0) is 19.4 Å². The highest BCUT2D eigenvalue weighted by atomic mass is 32.1. The summed E-state index contributed by atoms with van der Waals surface area (Å²) >= 11 is 1.45. The summed E-state index contributed by atoms with van der Waals surface area (Å²) in [6.45, 7) is 0.549. The Bertz CT molecular complexity index is 375. The molecule has 0 aromatic carbocycles. The molecule has 0 bridgehead atoms. The van der Waals surface area contributed by atoms with E-state index in [2.05, 4.69) is 10.5 Å². The first-order valence-corrected chi connectivity index (χ1v) is 6.78. The Balaban J connectivity index is 1.81. The Hall–Kier alpha value is -0.980. The van der Waals surface area contributed by atoms with Gasteiger partial charge in [-0.3, -0.25) is 9.63 Å². The van der Waals surface area contributed by atoms with Crippen LogP contribution in [0.4, 0.5) is 0 Å². The van der Waals surface area contributed by atoms with Crippen LogP contribution in [0, 0.1) is 0 Å². The fraction of sp³-hybridized carbons (Fsp3) is 0.636. The maximum atomic E-state index is 11.7. The fourth-order valence-corrected chi connectivity index (χ4v) is 2.64. The Kier molecular flexibility index (Phi) is 4.47. The van der Waals surface area contributed by atoms with E-state index < -0.39 is 0 Å². The lowest BCUT2D eigenvalue weighted by molar-refractivity contribution is -0.0127. The number of nitrogens with two attached hydrogens (primary N) is 1. The van der Waals surface area contributed by atoms with E-state index in [1.807, 2.05) is 0 Å². The van der Waals surface area contributed by atoms with Crippen molar-refractivity contribution >= 4 is 17.2 Å². The molecule has 1 aliphatic rings. The SMILES string of the molecule is NCCc1nc(C(=O)NOC2CCCC2)cs1. The highest BCUT2D eigenvalue weighted by Gasteiger charge is 2.18. The molecule has 5 nitrogen and oxygen atoms in total. The Morgan fingerprint density at radius 3 is 3.06 bits per heavy atom. The predicted molar refractivity (Wildman–Crippen MR) is 65.7 cm³/mol. The van der Waals surface area contributed by atoms with Crippen molar-refractivity contribution in [2.24, 2.45) is 5.73 Å². The summed E-state index contributed by atoms with van der Waals surface area (Å²) in [4.78, 5) is 21.2. The van der Waals surface area contributed by atoms with Crippen molar-refractivity contribution in [1.82, 2.24) is 10.5 Å². The van der Waals surface area contributed by atoms with Crippen molar-refractivity contribution in [3.8, 4) is 0 Å². The van der Waals surface area contributed by atoms with Gasteiger partial charge in [0, 0.05) is 11.8 Å². The standard InChI is InChI=1S/C11H17N3O2S/c12-6-5-10-13-9(7-17-10)11(15)14-16-8-3-1-2-4-8/h7-8H,1-6,12H2,(H,14,15). The summed E-state index contributed by atoms with van der Waals surface area (Å²) in [6, 6.07) is 0. The smallest absolute Gasteiger partial charge is 0.294 e. The molecule has 0 atom stereocenters. The van der Waals surface area contributed by atoms with E-state index >= 15 is 0 Å². The quantitative estimate of drug-likeness (QED) is 0.776. The molecule has 0 radical (unpaired) electrons. The molecule has 0 saturated heterocycles. The molecular formula is C11H17N3O2S. The van der Waals surface area contributed by atoms with Crippen LogP contribution >= 0.6 is 11.3 Å². The third-order valence-corrected chi connectivity index (χ3v) is 3.67. The van der Waals surface area contributed by atoms with Crippen molar-refractivity contribution < 1.29 is 9.63 Å². The van der Waals surface area contributed by atoms with E-state index in [1.54, 1.807) is 5.38 Å². The summed E-state index contributed by atoms with van der Waals surface area (Å²) < 4.78 is 0. The maximum absolute atomic E-state index is 11.7. The molecule has 6 heteroatoms. The van der Waals surface area contributed by atoms with E-state index in [0.29, 0.717) is 18.7 Å². The highest BCUT2D eigenvalue weighted by Crippen LogP contribution is 2.20. The third-order valence-electron chi connectivity index (χ3n) is 2.76. The molecule has 1 aromatic heterocycles. The van der Waals surface area contributed by atoms with Gasteiger partial charge in [-0.25, -0.2) is 10.5 Å². The number of thiazole rings is 1. The second-order valence-electron chi connectivity index (χ2n) is 4.12. The number of carbonyl (C=O) groups excluding carboxylic acids is 1. The Morgan fingerprint density at radius 2 is 2.35 bits per heavy atom. The molecule has 1 heterocycles. The average molecular weight is 255 g/mol. The molecule has 1 fully saturated rings. The number of amides is 1. The minimum Gasteiger partial charge on any atom is -0.330 e. The first kappa shape index (κ1) is 12.5. The van der Waals surface area contributed by atoms with Gasteiger partial charge in [0.25, 0.3) is 5.91 Å². The monoisotopic (exact) mass is 255 g/mol. The normalized spacial score (nSPS) is 16.3. The minimum atomic E-state index is -0.267. The van der Waals surface area contributed by atoms with E-state index in [-0.39, 0.29) is 12.0 Å². The Morgan fingerprint density at radius 1 is 1.59 bits per heavy atom. The number of hydrogen-bond acceptors (Lipinski definition) is 5. The van der Waals surface area contributed by atoms with Crippen molar-refractivity contribution in [3.05, 3.63) is 16.1 Å². The van der Waals surface area contributed by atoms with Crippen LogP contribution < -0.4 is 11.2 Å². The van der Waals surface area contributed by atoms with Gasteiger partial charge in [0.2, 0.25) is 0 Å². The van der Waals surface area contributed by atoms with E-state index in [9.17, 15) is 4.79 Å². The van der Waals surface area contributed by atoms with Gasteiger partial charge < -0.3 is 5.73 Å². The number of aromatic nitrogens is 1. The molecule has 1 aliphatic carbocycles. The summed E-state index contributed by atoms with van der Waals surface area (Å²) in [7, 11) is 0. The molecule has 1 amide bonds. The van der Waals surface area contributed by atoms with Crippen LogP contribution in [0.3, 0.4) is 0 Å². The minimum absolute atomic E-state index is 0.168. The maximum Gasteiger partial charge on any atom is 0.294 e. The first-order chi connectivity index (χ1) is 8.29. The number of hydroxylamine groups is 1. The summed E-state index contributed by atoms with van der Waals surface area (Å²) in [5, 5.41) is 2.62. The van der Waals surface area contributed by atoms with Crippen LogP contribution in [0.25, 0.3) is 0 Å². The van der Waals surface area contributed by atoms with Gasteiger partial charge in [0.15, 0.2) is 0 Å². The molecule has 1 saturated carbocycles. The molecule has 94 valence electrons.